The molecular weight excluding hydrogens is 224 g/mol. The molecule has 1 unspecified atom stereocenters. The van der Waals surface area contributed by atoms with Crippen molar-refractivity contribution in [1.82, 2.24) is 20.0 Å². The zero-order valence-electron chi connectivity index (χ0n) is 11.4. The number of aromatic nitrogens is 2. The van der Waals surface area contributed by atoms with E-state index in [1.165, 1.54) is 44.6 Å². The molecule has 2 fully saturated rings. The van der Waals surface area contributed by atoms with Gasteiger partial charge in [0.2, 0.25) is 0 Å². The second kappa shape index (κ2) is 5.02. The summed E-state index contributed by atoms with van der Waals surface area (Å²) in [6.45, 7) is 9.25. The number of hydrogen-bond donors (Lipinski definition) is 1. The number of likely N-dealkylation sites (tertiary alicyclic amines) is 1. The highest BCUT2D eigenvalue weighted by Gasteiger charge is 2.40. The van der Waals surface area contributed by atoms with E-state index in [0.717, 1.165) is 19.5 Å². The summed E-state index contributed by atoms with van der Waals surface area (Å²) in [6, 6.07) is 0. The van der Waals surface area contributed by atoms with Crippen molar-refractivity contribution >= 4 is 0 Å². The first-order chi connectivity index (χ1) is 8.80. The lowest BCUT2D eigenvalue weighted by Gasteiger charge is -2.22. The largest absolute Gasteiger partial charge is 0.316 e. The summed E-state index contributed by atoms with van der Waals surface area (Å²) in [5, 5.41) is 7.93. The molecule has 18 heavy (non-hydrogen) atoms. The fourth-order valence-electron chi connectivity index (χ4n) is 3.40. The molecule has 2 aliphatic heterocycles. The van der Waals surface area contributed by atoms with Gasteiger partial charge in [-0.3, -0.25) is 9.58 Å². The molecule has 100 valence electrons. The van der Waals surface area contributed by atoms with Crippen molar-refractivity contribution in [3.8, 4) is 0 Å². The van der Waals surface area contributed by atoms with Gasteiger partial charge in [-0.2, -0.15) is 5.10 Å². The Morgan fingerprint density at radius 3 is 3.17 bits per heavy atom. The molecule has 4 heteroatoms. The van der Waals surface area contributed by atoms with E-state index in [1.807, 2.05) is 6.20 Å². The second-order valence-corrected chi connectivity index (χ2v) is 6.00. The lowest BCUT2D eigenvalue weighted by molar-refractivity contribution is 0.268. The van der Waals surface area contributed by atoms with Crippen molar-refractivity contribution in [3.63, 3.8) is 0 Å². The highest BCUT2D eigenvalue weighted by Crippen LogP contribution is 2.36. The lowest BCUT2D eigenvalue weighted by atomic mass is 9.87. The quantitative estimate of drug-likeness (QED) is 0.876. The van der Waals surface area contributed by atoms with Gasteiger partial charge in [0.25, 0.3) is 0 Å². The summed E-state index contributed by atoms with van der Waals surface area (Å²) in [4.78, 5) is 2.60. The summed E-state index contributed by atoms with van der Waals surface area (Å²) in [5.74, 6) is 0. The Balaban J connectivity index is 1.56. The molecule has 3 rings (SSSR count). The standard InChI is InChI=1S/C14H24N4/c1-2-6-18-10-13(8-16-18)9-17-7-4-14(12-17)3-5-15-11-14/h8,10,15H,2-7,9,11-12H2,1H3. The van der Waals surface area contributed by atoms with Gasteiger partial charge in [-0.1, -0.05) is 6.92 Å². The van der Waals surface area contributed by atoms with Crippen molar-refractivity contribution in [2.75, 3.05) is 26.2 Å². The highest BCUT2D eigenvalue weighted by atomic mass is 15.3. The first kappa shape index (κ1) is 12.2. The zero-order valence-corrected chi connectivity index (χ0v) is 11.4. The van der Waals surface area contributed by atoms with Crippen LogP contribution in [-0.2, 0) is 13.1 Å². The van der Waals surface area contributed by atoms with Crippen LogP contribution in [0.1, 0.15) is 31.7 Å². The fraction of sp³-hybridized carbons (Fsp3) is 0.786. The minimum atomic E-state index is 0.583. The van der Waals surface area contributed by atoms with Gasteiger partial charge in [0.15, 0.2) is 0 Å². The number of nitrogens with one attached hydrogen (secondary N) is 1. The smallest absolute Gasteiger partial charge is 0.0534 e. The third-order valence-corrected chi connectivity index (χ3v) is 4.40. The van der Waals surface area contributed by atoms with Crippen LogP contribution in [0.5, 0.6) is 0 Å². The van der Waals surface area contributed by atoms with Gasteiger partial charge in [-0.05, 0) is 37.8 Å². The number of hydrogen-bond acceptors (Lipinski definition) is 3. The van der Waals surface area contributed by atoms with Crippen LogP contribution in [0, 0.1) is 5.41 Å². The van der Waals surface area contributed by atoms with Gasteiger partial charge in [0.1, 0.15) is 0 Å². The van der Waals surface area contributed by atoms with Crippen molar-refractivity contribution in [3.05, 3.63) is 18.0 Å². The maximum absolute atomic E-state index is 4.41. The van der Waals surface area contributed by atoms with Gasteiger partial charge < -0.3 is 5.32 Å². The Morgan fingerprint density at radius 1 is 1.44 bits per heavy atom. The van der Waals surface area contributed by atoms with Crippen LogP contribution in [-0.4, -0.2) is 40.9 Å². The zero-order chi connectivity index (χ0) is 12.4. The molecule has 4 nitrogen and oxygen atoms in total. The Bertz CT molecular complexity index is 392. The van der Waals surface area contributed by atoms with Gasteiger partial charge >= 0.3 is 0 Å². The average Bonchev–Trinajstić information content (AvgIpc) is 3.06. The number of rotatable bonds is 4. The molecule has 0 amide bonds. The van der Waals surface area contributed by atoms with Crippen LogP contribution in [0.3, 0.4) is 0 Å². The maximum atomic E-state index is 4.41. The molecule has 3 heterocycles. The lowest BCUT2D eigenvalue weighted by Crippen LogP contribution is -2.28. The summed E-state index contributed by atoms with van der Waals surface area (Å²) < 4.78 is 2.07. The van der Waals surface area contributed by atoms with E-state index in [2.05, 4.69) is 33.1 Å². The number of aryl methyl sites for hydroxylation is 1. The van der Waals surface area contributed by atoms with Crippen LogP contribution in [0.2, 0.25) is 0 Å². The molecule has 1 N–H and O–H groups in total. The summed E-state index contributed by atoms with van der Waals surface area (Å²) >= 11 is 0. The van der Waals surface area contributed by atoms with Gasteiger partial charge in [-0.15, -0.1) is 0 Å². The molecule has 2 saturated heterocycles. The molecule has 0 radical (unpaired) electrons. The van der Waals surface area contributed by atoms with Gasteiger partial charge in [-0.25, -0.2) is 0 Å². The molecule has 0 aliphatic carbocycles. The van der Waals surface area contributed by atoms with Crippen LogP contribution < -0.4 is 5.32 Å². The summed E-state index contributed by atoms with van der Waals surface area (Å²) in [5.41, 5.74) is 1.95. The Morgan fingerprint density at radius 2 is 2.39 bits per heavy atom. The SMILES string of the molecule is CCCn1cc(CN2CCC3(CCNC3)C2)cn1. The van der Waals surface area contributed by atoms with Crippen LogP contribution in [0.25, 0.3) is 0 Å². The summed E-state index contributed by atoms with van der Waals surface area (Å²) in [6.07, 6.45) is 8.12. The fourth-order valence-corrected chi connectivity index (χ4v) is 3.40. The van der Waals surface area contributed by atoms with E-state index >= 15 is 0 Å². The maximum Gasteiger partial charge on any atom is 0.0534 e. The van der Waals surface area contributed by atoms with Gasteiger partial charge in [0, 0.05) is 37.9 Å². The second-order valence-electron chi connectivity index (χ2n) is 6.00. The molecule has 1 spiro atoms. The van der Waals surface area contributed by atoms with Crippen LogP contribution in [0.15, 0.2) is 12.4 Å². The molecule has 1 aromatic rings. The molecule has 1 aromatic heterocycles. The topological polar surface area (TPSA) is 33.1 Å². The minimum Gasteiger partial charge on any atom is -0.316 e. The first-order valence-electron chi connectivity index (χ1n) is 7.24. The van der Waals surface area contributed by atoms with E-state index in [0.29, 0.717) is 5.41 Å². The van der Waals surface area contributed by atoms with E-state index in [4.69, 9.17) is 0 Å². The van der Waals surface area contributed by atoms with E-state index < -0.39 is 0 Å². The molecule has 1 atom stereocenters. The Kier molecular flexibility index (Phi) is 3.39. The van der Waals surface area contributed by atoms with E-state index in [-0.39, 0.29) is 0 Å². The minimum absolute atomic E-state index is 0.583. The average molecular weight is 248 g/mol. The van der Waals surface area contributed by atoms with Crippen molar-refractivity contribution in [2.45, 2.75) is 39.3 Å². The predicted molar refractivity (Wildman–Crippen MR) is 72.3 cm³/mol. The molecule has 0 bridgehead atoms. The van der Waals surface area contributed by atoms with Crippen LogP contribution in [0.4, 0.5) is 0 Å². The molecule has 2 aliphatic rings. The van der Waals surface area contributed by atoms with E-state index in [1.54, 1.807) is 0 Å². The Hall–Kier alpha value is -0.870. The first-order valence-corrected chi connectivity index (χ1v) is 7.24. The molecule has 0 saturated carbocycles. The highest BCUT2D eigenvalue weighted by molar-refractivity contribution is 5.05. The Labute approximate surface area is 109 Å². The van der Waals surface area contributed by atoms with Crippen molar-refractivity contribution in [2.24, 2.45) is 5.41 Å². The monoisotopic (exact) mass is 248 g/mol. The van der Waals surface area contributed by atoms with Crippen molar-refractivity contribution < 1.29 is 0 Å². The van der Waals surface area contributed by atoms with Crippen LogP contribution >= 0.6 is 0 Å². The van der Waals surface area contributed by atoms with Crippen molar-refractivity contribution in [1.29, 1.82) is 0 Å². The number of nitrogens with zero attached hydrogens (tertiary/aromatic N) is 3. The van der Waals surface area contributed by atoms with E-state index in [9.17, 15) is 0 Å². The van der Waals surface area contributed by atoms with Gasteiger partial charge in [0.05, 0.1) is 6.20 Å². The molecular formula is C14H24N4. The third-order valence-electron chi connectivity index (χ3n) is 4.40. The molecule has 0 aromatic carbocycles. The summed E-state index contributed by atoms with van der Waals surface area (Å²) in [7, 11) is 0. The predicted octanol–water partition coefficient (Wildman–Crippen LogP) is 1.48. The normalized spacial score (nSPS) is 28.5. The third kappa shape index (κ3) is 2.45.